The Hall–Kier alpha value is -4.08. The van der Waals surface area contributed by atoms with Crippen LogP contribution in [-0.4, -0.2) is 41.7 Å². The van der Waals surface area contributed by atoms with Crippen molar-refractivity contribution in [1.29, 1.82) is 0 Å². The number of nitrogens with zero attached hydrogens (tertiary/aromatic N) is 5. The number of aromatic nitrogens is 5. The second-order valence-corrected chi connectivity index (χ2v) is 8.57. The zero-order valence-electron chi connectivity index (χ0n) is 19.4. The van der Waals surface area contributed by atoms with Crippen molar-refractivity contribution >= 4 is 16.9 Å². The number of imidazole rings is 1. The number of carbonyl (C=O) groups is 1. The molecule has 3 aromatic heterocycles. The van der Waals surface area contributed by atoms with E-state index in [9.17, 15) is 14.4 Å². The van der Waals surface area contributed by atoms with E-state index in [1.165, 1.54) is 22.5 Å². The minimum atomic E-state index is -0.483. The fourth-order valence-electron chi connectivity index (χ4n) is 4.48. The first-order valence-electron chi connectivity index (χ1n) is 11.0. The highest BCUT2D eigenvalue weighted by atomic mass is 16.6. The molecule has 0 saturated carbocycles. The third-order valence-corrected chi connectivity index (χ3v) is 6.36. The Labute approximate surface area is 194 Å². The lowest BCUT2D eigenvalue weighted by atomic mass is 10.1. The standard InChI is InChI=1S/C24H25N5O5/c1-14-9-17(15(2)29(14)10-16-12-33-19-7-5-6-8-20(19)34-16)18(30)11-28-13-25-22-21(28)23(31)27(4)24(32)26(22)3/h5-9,13,16H,10-12H2,1-4H3/t16-/m0/s1. The SMILES string of the molecule is Cc1cc(C(=O)Cn2cnc3c2c(=O)n(C)c(=O)n3C)c(C)n1C[C@H]1COc2ccccc2O1. The summed E-state index contributed by atoms with van der Waals surface area (Å²) in [5, 5.41) is 0. The van der Waals surface area contributed by atoms with Crippen molar-refractivity contribution in [3.05, 3.63) is 74.4 Å². The molecule has 4 heterocycles. The van der Waals surface area contributed by atoms with E-state index < -0.39 is 11.2 Å². The van der Waals surface area contributed by atoms with E-state index in [2.05, 4.69) is 4.98 Å². The Bertz CT molecular complexity index is 1550. The number of carbonyl (C=O) groups excluding carboxylic acids is 1. The predicted molar refractivity (Wildman–Crippen MR) is 125 cm³/mol. The summed E-state index contributed by atoms with van der Waals surface area (Å²) in [6, 6.07) is 9.40. The van der Waals surface area contributed by atoms with Gasteiger partial charge in [-0.1, -0.05) is 12.1 Å². The summed E-state index contributed by atoms with van der Waals surface area (Å²) in [7, 11) is 2.96. The van der Waals surface area contributed by atoms with E-state index in [0.717, 1.165) is 21.7 Å². The van der Waals surface area contributed by atoms with E-state index in [0.29, 0.717) is 24.5 Å². The predicted octanol–water partition coefficient (Wildman–Crippen LogP) is 1.57. The molecule has 10 nitrogen and oxygen atoms in total. The molecule has 0 N–H and O–H groups in total. The molecule has 1 atom stereocenters. The largest absolute Gasteiger partial charge is 0.486 e. The van der Waals surface area contributed by atoms with Gasteiger partial charge in [0.2, 0.25) is 0 Å². The Kier molecular flexibility index (Phi) is 5.15. The molecule has 0 spiro atoms. The highest BCUT2D eigenvalue weighted by Gasteiger charge is 2.24. The average molecular weight is 463 g/mol. The van der Waals surface area contributed by atoms with Crippen LogP contribution >= 0.6 is 0 Å². The summed E-state index contributed by atoms with van der Waals surface area (Å²) < 4.78 is 17.8. The van der Waals surface area contributed by atoms with Crippen LogP contribution < -0.4 is 20.7 Å². The first-order valence-corrected chi connectivity index (χ1v) is 11.0. The van der Waals surface area contributed by atoms with Gasteiger partial charge in [0.25, 0.3) is 5.56 Å². The first kappa shape index (κ1) is 21.7. The Morgan fingerprint density at radius 3 is 2.62 bits per heavy atom. The number of Topliss-reactive ketones (excluding diaryl/α,β-unsaturated/α-hetero) is 1. The van der Waals surface area contributed by atoms with Crippen LogP contribution in [0.5, 0.6) is 11.5 Å². The van der Waals surface area contributed by atoms with Gasteiger partial charge in [-0.2, -0.15) is 0 Å². The summed E-state index contributed by atoms with van der Waals surface area (Å²) in [4.78, 5) is 42.3. The van der Waals surface area contributed by atoms with Crippen LogP contribution in [0.1, 0.15) is 21.7 Å². The number of hydrogen-bond acceptors (Lipinski definition) is 6. The molecule has 0 saturated heterocycles. The van der Waals surface area contributed by atoms with Crippen molar-refractivity contribution in [2.45, 2.75) is 33.0 Å². The number of rotatable bonds is 5. The van der Waals surface area contributed by atoms with Crippen LogP contribution in [-0.2, 0) is 27.2 Å². The minimum absolute atomic E-state index is 0.0648. The molecule has 0 amide bonds. The van der Waals surface area contributed by atoms with Crippen molar-refractivity contribution in [2.75, 3.05) is 6.61 Å². The molecular weight excluding hydrogens is 438 g/mol. The molecule has 1 aromatic carbocycles. The molecule has 34 heavy (non-hydrogen) atoms. The van der Waals surface area contributed by atoms with E-state index in [1.807, 2.05) is 48.7 Å². The van der Waals surface area contributed by atoms with Crippen molar-refractivity contribution in [2.24, 2.45) is 14.1 Å². The van der Waals surface area contributed by atoms with Crippen LogP contribution in [0.15, 0.2) is 46.2 Å². The van der Waals surface area contributed by atoms with Crippen LogP contribution in [0.2, 0.25) is 0 Å². The van der Waals surface area contributed by atoms with Gasteiger partial charge < -0.3 is 18.6 Å². The number of para-hydroxylation sites is 2. The van der Waals surface area contributed by atoms with E-state index in [-0.39, 0.29) is 29.6 Å². The second-order valence-electron chi connectivity index (χ2n) is 8.57. The average Bonchev–Trinajstić information content (AvgIpc) is 3.37. The molecule has 176 valence electrons. The summed E-state index contributed by atoms with van der Waals surface area (Å²) in [5.41, 5.74) is 1.84. The van der Waals surface area contributed by atoms with Gasteiger partial charge >= 0.3 is 5.69 Å². The van der Waals surface area contributed by atoms with Gasteiger partial charge in [-0.3, -0.25) is 18.7 Å². The van der Waals surface area contributed by atoms with Crippen LogP contribution in [0.4, 0.5) is 0 Å². The molecule has 1 aliphatic rings. The van der Waals surface area contributed by atoms with Gasteiger partial charge in [-0.25, -0.2) is 9.78 Å². The molecule has 0 fully saturated rings. The molecule has 10 heteroatoms. The normalized spacial score (nSPS) is 15.1. The Morgan fingerprint density at radius 1 is 1.12 bits per heavy atom. The second kappa shape index (κ2) is 8.05. The van der Waals surface area contributed by atoms with Crippen molar-refractivity contribution in [1.82, 2.24) is 23.3 Å². The van der Waals surface area contributed by atoms with Crippen molar-refractivity contribution < 1.29 is 14.3 Å². The minimum Gasteiger partial charge on any atom is -0.486 e. The van der Waals surface area contributed by atoms with E-state index >= 15 is 0 Å². The van der Waals surface area contributed by atoms with Crippen LogP contribution in [0.25, 0.3) is 11.2 Å². The zero-order valence-corrected chi connectivity index (χ0v) is 19.4. The molecule has 0 radical (unpaired) electrons. The summed E-state index contributed by atoms with van der Waals surface area (Å²) in [6.07, 6.45) is 1.23. The quantitative estimate of drug-likeness (QED) is 0.417. The molecule has 5 rings (SSSR count). The zero-order chi connectivity index (χ0) is 24.1. The molecule has 4 aromatic rings. The van der Waals surface area contributed by atoms with Crippen LogP contribution in [0, 0.1) is 13.8 Å². The number of ether oxygens (including phenoxy) is 2. The van der Waals surface area contributed by atoms with Crippen molar-refractivity contribution in [3.63, 3.8) is 0 Å². The number of hydrogen-bond donors (Lipinski definition) is 0. The van der Waals surface area contributed by atoms with E-state index in [4.69, 9.17) is 9.47 Å². The topological polar surface area (TPSA) is 102 Å². The number of aryl methyl sites for hydroxylation is 2. The Morgan fingerprint density at radius 2 is 1.85 bits per heavy atom. The maximum atomic E-state index is 13.3. The van der Waals surface area contributed by atoms with E-state index in [1.54, 1.807) is 7.05 Å². The number of fused-ring (bicyclic) bond motifs is 2. The Balaban J connectivity index is 1.41. The molecule has 1 aliphatic heterocycles. The monoisotopic (exact) mass is 463 g/mol. The smallest absolute Gasteiger partial charge is 0.332 e. The summed E-state index contributed by atoms with van der Waals surface area (Å²) >= 11 is 0. The lowest BCUT2D eigenvalue weighted by Crippen LogP contribution is -2.37. The van der Waals surface area contributed by atoms with Gasteiger partial charge in [0.05, 0.1) is 19.4 Å². The fraction of sp³-hybridized carbons (Fsp3) is 0.333. The van der Waals surface area contributed by atoms with Gasteiger partial charge in [0, 0.05) is 31.0 Å². The highest BCUT2D eigenvalue weighted by Crippen LogP contribution is 2.31. The molecule has 0 bridgehead atoms. The lowest BCUT2D eigenvalue weighted by Gasteiger charge is -2.27. The number of benzene rings is 1. The maximum Gasteiger partial charge on any atom is 0.332 e. The van der Waals surface area contributed by atoms with Gasteiger partial charge in [-0.15, -0.1) is 0 Å². The summed E-state index contributed by atoms with van der Waals surface area (Å²) in [6.45, 7) is 4.73. The first-order chi connectivity index (χ1) is 16.3. The third kappa shape index (κ3) is 3.42. The molecular formula is C24H25N5O5. The van der Waals surface area contributed by atoms with Gasteiger partial charge in [0.1, 0.15) is 6.61 Å². The highest BCUT2D eigenvalue weighted by molar-refractivity contribution is 5.98. The van der Waals surface area contributed by atoms with Gasteiger partial charge in [-0.05, 0) is 32.0 Å². The van der Waals surface area contributed by atoms with Crippen LogP contribution in [0.3, 0.4) is 0 Å². The fourth-order valence-corrected chi connectivity index (χ4v) is 4.48. The molecule has 0 aliphatic carbocycles. The molecule has 0 unspecified atom stereocenters. The van der Waals surface area contributed by atoms with Crippen molar-refractivity contribution in [3.8, 4) is 11.5 Å². The third-order valence-electron chi connectivity index (χ3n) is 6.36. The van der Waals surface area contributed by atoms with Gasteiger partial charge in [0.15, 0.2) is 34.6 Å². The maximum absolute atomic E-state index is 13.3. The lowest BCUT2D eigenvalue weighted by molar-refractivity contribution is 0.0777. The summed E-state index contributed by atoms with van der Waals surface area (Å²) in [5.74, 6) is 1.29. The number of ketones is 1.